The van der Waals surface area contributed by atoms with Crippen LogP contribution in [0.25, 0.3) is 11.3 Å². The molecule has 1 N–H and O–H groups in total. The van der Waals surface area contributed by atoms with Gasteiger partial charge >= 0.3 is 0 Å². The molecule has 0 spiro atoms. The molecule has 0 aliphatic heterocycles. The lowest BCUT2D eigenvalue weighted by Crippen LogP contribution is -2.27. The third-order valence-corrected chi connectivity index (χ3v) is 3.21. The fourth-order valence-corrected chi connectivity index (χ4v) is 1.93. The van der Waals surface area contributed by atoms with E-state index in [9.17, 15) is 4.79 Å². The van der Waals surface area contributed by atoms with Crippen molar-refractivity contribution in [2.45, 2.75) is 26.7 Å². The lowest BCUT2D eigenvalue weighted by molar-refractivity contribution is -0.121. The number of carbonyl (C=O) groups is 1. The Kier molecular flexibility index (Phi) is 5.39. The zero-order valence-electron chi connectivity index (χ0n) is 12.2. The van der Waals surface area contributed by atoms with Gasteiger partial charge in [-0.05, 0) is 30.2 Å². The van der Waals surface area contributed by atoms with E-state index in [1.807, 2.05) is 12.1 Å². The van der Waals surface area contributed by atoms with Crippen molar-refractivity contribution in [1.82, 2.24) is 10.3 Å². The quantitative estimate of drug-likeness (QED) is 0.885. The van der Waals surface area contributed by atoms with Crippen molar-refractivity contribution >= 4 is 17.5 Å². The van der Waals surface area contributed by atoms with Gasteiger partial charge in [0.05, 0.1) is 6.20 Å². The van der Waals surface area contributed by atoms with E-state index in [1.165, 1.54) is 0 Å². The van der Waals surface area contributed by atoms with Crippen molar-refractivity contribution in [3.05, 3.63) is 41.4 Å². The number of oxazole rings is 1. The second kappa shape index (κ2) is 7.27. The molecule has 2 rings (SSSR count). The molecular weight excluding hydrogens is 288 g/mol. The number of halogens is 1. The average Bonchev–Trinajstić information content (AvgIpc) is 2.92. The molecule has 1 aromatic carbocycles. The summed E-state index contributed by atoms with van der Waals surface area (Å²) in [6.07, 6.45) is 2.55. The lowest BCUT2D eigenvalue weighted by atomic mass is 10.2. The standard InChI is InChI=1S/C16H19ClN2O2/c1-11(2)9-18-15(20)7-8-16-19-10-14(21-16)12-3-5-13(17)6-4-12/h3-6,10-11H,7-9H2,1-2H3,(H,18,20). The number of aromatic nitrogens is 1. The summed E-state index contributed by atoms with van der Waals surface area (Å²) in [6, 6.07) is 7.36. The lowest BCUT2D eigenvalue weighted by Gasteiger charge is -2.06. The summed E-state index contributed by atoms with van der Waals surface area (Å²) in [5, 5.41) is 3.55. The Morgan fingerprint density at radius 2 is 2.05 bits per heavy atom. The predicted octanol–water partition coefficient (Wildman–Crippen LogP) is 3.70. The maximum Gasteiger partial charge on any atom is 0.220 e. The minimum atomic E-state index is 0.0231. The highest BCUT2D eigenvalue weighted by molar-refractivity contribution is 6.30. The minimum absolute atomic E-state index is 0.0231. The van der Waals surface area contributed by atoms with Crippen molar-refractivity contribution < 1.29 is 9.21 Å². The zero-order valence-corrected chi connectivity index (χ0v) is 13.0. The van der Waals surface area contributed by atoms with Gasteiger partial charge in [-0.3, -0.25) is 4.79 Å². The predicted molar refractivity (Wildman–Crippen MR) is 83.1 cm³/mol. The van der Waals surface area contributed by atoms with Crippen molar-refractivity contribution in [2.24, 2.45) is 5.92 Å². The molecule has 0 saturated heterocycles. The van der Waals surface area contributed by atoms with Crippen molar-refractivity contribution in [3.63, 3.8) is 0 Å². The highest BCUT2D eigenvalue weighted by Crippen LogP contribution is 2.22. The molecule has 5 heteroatoms. The van der Waals surface area contributed by atoms with Crippen LogP contribution in [0.2, 0.25) is 5.02 Å². The number of hydrogen-bond donors (Lipinski definition) is 1. The topological polar surface area (TPSA) is 55.1 Å². The van der Waals surface area contributed by atoms with Gasteiger partial charge < -0.3 is 9.73 Å². The van der Waals surface area contributed by atoms with Gasteiger partial charge in [-0.2, -0.15) is 0 Å². The fraction of sp³-hybridized carbons (Fsp3) is 0.375. The van der Waals surface area contributed by atoms with E-state index < -0.39 is 0 Å². The van der Waals surface area contributed by atoms with Gasteiger partial charge in [0.1, 0.15) is 0 Å². The van der Waals surface area contributed by atoms with Crippen molar-refractivity contribution in [2.75, 3.05) is 6.54 Å². The van der Waals surface area contributed by atoms with Gasteiger partial charge in [-0.25, -0.2) is 4.98 Å². The van der Waals surface area contributed by atoms with Crippen LogP contribution in [0.3, 0.4) is 0 Å². The van der Waals surface area contributed by atoms with Crippen molar-refractivity contribution in [1.29, 1.82) is 0 Å². The third kappa shape index (κ3) is 4.90. The van der Waals surface area contributed by atoms with Gasteiger partial charge in [0.15, 0.2) is 11.7 Å². The molecule has 0 unspecified atom stereocenters. The Balaban J connectivity index is 1.88. The van der Waals surface area contributed by atoms with E-state index in [2.05, 4.69) is 24.1 Å². The van der Waals surface area contributed by atoms with Gasteiger partial charge in [-0.1, -0.05) is 25.4 Å². The summed E-state index contributed by atoms with van der Waals surface area (Å²) >= 11 is 5.85. The maximum absolute atomic E-state index is 11.6. The summed E-state index contributed by atoms with van der Waals surface area (Å²) in [4.78, 5) is 15.8. The van der Waals surface area contributed by atoms with E-state index in [-0.39, 0.29) is 5.91 Å². The van der Waals surface area contributed by atoms with Crippen LogP contribution in [-0.2, 0) is 11.2 Å². The summed E-state index contributed by atoms with van der Waals surface area (Å²) in [5.74, 6) is 1.73. The number of aryl methyl sites for hydroxylation is 1. The average molecular weight is 307 g/mol. The smallest absolute Gasteiger partial charge is 0.220 e. The number of carbonyl (C=O) groups excluding carboxylic acids is 1. The molecule has 1 heterocycles. The van der Waals surface area contributed by atoms with Crippen LogP contribution < -0.4 is 5.32 Å². The molecule has 2 aromatic rings. The summed E-state index contributed by atoms with van der Waals surface area (Å²) in [5.41, 5.74) is 0.919. The number of nitrogens with one attached hydrogen (secondary N) is 1. The highest BCUT2D eigenvalue weighted by atomic mass is 35.5. The summed E-state index contributed by atoms with van der Waals surface area (Å²) in [6.45, 7) is 4.82. The Labute approximate surface area is 129 Å². The number of benzene rings is 1. The Morgan fingerprint density at radius 1 is 1.33 bits per heavy atom. The summed E-state index contributed by atoms with van der Waals surface area (Å²) < 4.78 is 5.65. The first-order valence-electron chi connectivity index (χ1n) is 7.02. The SMILES string of the molecule is CC(C)CNC(=O)CCc1ncc(-c2ccc(Cl)cc2)o1. The van der Waals surface area contributed by atoms with Crippen LogP contribution in [-0.4, -0.2) is 17.4 Å². The second-order valence-electron chi connectivity index (χ2n) is 5.32. The van der Waals surface area contributed by atoms with Crippen LogP contribution in [0.4, 0.5) is 0 Å². The number of amides is 1. The van der Waals surface area contributed by atoms with Gasteiger partial charge in [0.2, 0.25) is 5.91 Å². The first-order chi connectivity index (χ1) is 10.0. The van der Waals surface area contributed by atoms with Crippen molar-refractivity contribution in [3.8, 4) is 11.3 Å². The number of rotatable bonds is 6. The van der Waals surface area contributed by atoms with Crippen LogP contribution in [0, 0.1) is 5.92 Å². The molecule has 1 aromatic heterocycles. The molecular formula is C16H19ClN2O2. The molecule has 0 fully saturated rings. The Bertz CT molecular complexity index is 591. The first kappa shape index (κ1) is 15.6. The molecule has 0 saturated carbocycles. The van der Waals surface area contributed by atoms with E-state index >= 15 is 0 Å². The number of nitrogens with zero attached hydrogens (tertiary/aromatic N) is 1. The minimum Gasteiger partial charge on any atom is -0.441 e. The molecule has 4 nitrogen and oxygen atoms in total. The van der Waals surface area contributed by atoms with Crippen LogP contribution >= 0.6 is 11.6 Å². The maximum atomic E-state index is 11.6. The highest BCUT2D eigenvalue weighted by Gasteiger charge is 2.09. The van der Waals surface area contributed by atoms with Crippen LogP contribution in [0.15, 0.2) is 34.9 Å². The largest absolute Gasteiger partial charge is 0.441 e. The molecule has 0 bridgehead atoms. The normalized spacial score (nSPS) is 10.9. The van der Waals surface area contributed by atoms with Gasteiger partial charge in [0, 0.05) is 30.0 Å². The van der Waals surface area contributed by atoms with E-state index in [1.54, 1.807) is 18.3 Å². The summed E-state index contributed by atoms with van der Waals surface area (Å²) in [7, 11) is 0. The van der Waals surface area contributed by atoms with Gasteiger partial charge in [0.25, 0.3) is 0 Å². The van der Waals surface area contributed by atoms with E-state index in [4.69, 9.17) is 16.0 Å². The molecule has 112 valence electrons. The van der Waals surface area contributed by atoms with Crippen LogP contribution in [0.1, 0.15) is 26.2 Å². The fourth-order valence-electron chi connectivity index (χ4n) is 1.80. The third-order valence-electron chi connectivity index (χ3n) is 2.96. The molecule has 0 aliphatic rings. The first-order valence-corrected chi connectivity index (χ1v) is 7.39. The number of hydrogen-bond acceptors (Lipinski definition) is 3. The second-order valence-corrected chi connectivity index (χ2v) is 5.76. The molecule has 0 radical (unpaired) electrons. The van der Waals surface area contributed by atoms with Gasteiger partial charge in [-0.15, -0.1) is 0 Å². The molecule has 1 amide bonds. The Hall–Kier alpha value is -1.81. The zero-order chi connectivity index (χ0) is 15.2. The molecule has 21 heavy (non-hydrogen) atoms. The molecule has 0 atom stereocenters. The van der Waals surface area contributed by atoms with E-state index in [0.717, 1.165) is 5.56 Å². The monoisotopic (exact) mass is 306 g/mol. The molecule has 0 aliphatic carbocycles. The Morgan fingerprint density at radius 3 is 2.71 bits per heavy atom. The van der Waals surface area contributed by atoms with E-state index in [0.29, 0.717) is 42.0 Å². The van der Waals surface area contributed by atoms with Crippen LogP contribution in [0.5, 0.6) is 0 Å².